The monoisotopic (exact) mass is 228 g/mol. The van der Waals surface area contributed by atoms with Gasteiger partial charge in [-0.2, -0.15) is 0 Å². The van der Waals surface area contributed by atoms with E-state index in [4.69, 9.17) is 5.73 Å². The average molecular weight is 228 g/mol. The van der Waals surface area contributed by atoms with Crippen LogP contribution in [-0.2, 0) is 9.84 Å². The van der Waals surface area contributed by atoms with Gasteiger partial charge in [-0.1, -0.05) is 0 Å². The van der Waals surface area contributed by atoms with Gasteiger partial charge in [0, 0.05) is 18.9 Å². The molecule has 1 rings (SSSR count). The van der Waals surface area contributed by atoms with E-state index < -0.39 is 9.84 Å². The second-order valence-corrected chi connectivity index (χ2v) is 5.09. The molecule has 3 N–H and O–H groups in total. The highest BCUT2D eigenvalue weighted by Crippen LogP contribution is 2.19. The number of benzene rings is 1. The number of carbonyl (C=O) groups excluding carboxylic acids is 1. The highest BCUT2D eigenvalue weighted by molar-refractivity contribution is 7.90. The van der Waals surface area contributed by atoms with E-state index in [1.165, 1.54) is 25.2 Å². The molecule has 15 heavy (non-hydrogen) atoms. The summed E-state index contributed by atoms with van der Waals surface area (Å²) in [6.45, 7) is 0. The Morgan fingerprint density at radius 3 is 2.47 bits per heavy atom. The fourth-order valence-electron chi connectivity index (χ4n) is 1.14. The van der Waals surface area contributed by atoms with Gasteiger partial charge in [-0.25, -0.2) is 8.42 Å². The molecule has 0 aliphatic carbocycles. The molecule has 0 spiro atoms. The van der Waals surface area contributed by atoms with Crippen molar-refractivity contribution in [2.45, 2.75) is 4.90 Å². The van der Waals surface area contributed by atoms with E-state index in [2.05, 4.69) is 5.32 Å². The van der Waals surface area contributed by atoms with Crippen LogP contribution >= 0.6 is 0 Å². The number of carbonyl (C=O) groups is 1. The Labute approximate surface area is 88.2 Å². The van der Waals surface area contributed by atoms with Gasteiger partial charge in [0.15, 0.2) is 9.84 Å². The highest BCUT2D eigenvalue weighted by Gasteiger charge is 2.14. The van der Waals surface area contributed by atoms with Crippen molar-refractivity contribution in [2.75, 3.05) is 19.0 Å². The molecular weight excluding hydrogens is 216 g/mol. The molecular formula is C9H12N2O3S. The second-order valence-electron chi connectivity index (χ2n) is 3.10. The second kappa shape index (κ2) is 3.90. The fraction of sp³-hybridized carbons (Fsp3) is 0.222. The van der Waals surface area contributed by atoms with Gasteiger partial charge >= 0.3 is 0 Å². The fourth-order valence-corrected chi connectivity index (χ4v) is 1.98. The zero-order valence-corrected chi connectivity index (χ0v) is 9.26. The Morgan fingerprint density at radius 1 is 1.40 bits per heavy atom. The Morgan fingerprint density at radius 2 is 2.00 bits per heavy atom. The van der Waals surface area contributed by atoms with Crippen molar-refractivity contribution in [3.63, 3.8) is 0 Å². The van der Waals surface area contributed by atoms with Crippen LogP contribution in [0, 0.1) is 0 Å². The Hall–Kier alpha value is -1.56. The molecule has 0 saturated heterocycles. The van der Waals surface area contributed by atoms with Crippen LogP contribution < -0.4 is 11.1 Å². The molecule has 1 aromatic carbocycles. The summed E-state index contributed by atoms with van der Waals surface area (Å²) in [6.07, 6.45) is 1.05. The van der Waals surface area contributed by atoms with E-state index >= 15 is 0 Å². The van der Waals surface area contributed by atoms with E-state index in [9.17, 15) is 13.2 Å². The molecule has 0 aliphatic heterocycles. The van der Waals surface area contributed by atoms with Gasteiger partial charge in [-0.05, 0) is 18.2 Å². The molecule has 0 unspecified atom stereocenters. The van der Waals surface area contributed by atoms with E-state index in [1.54, 1.807) is 0 Å². The van der Waals surface area contributed by atoms with Crippen LogP contribution in [0.4, 0.5) is 5.69 Å². The van der Waals surface area contributed by atoms with Gasteiger partial charge in [0.05, 0.1) is 10.6 Å². The first-order valence-electron chi connectivity index (χ1n) is 4.18. The van der Waals surface area contributed by atoms with Crippen LogP contribution in [-0.4, -0.2) is 27.6 Å². The minimum atomic E-state index is -3.40. The molecule has 0 saturated carbocycles. The van der Waals surface area contributed by atoms with Gasteiger partial charge in [0.2, 0.25) is 0 Å². The zero-order chi connectivity index (χ0) is 11.6. The lowest BCUT2D eigenvalue weighted by Crippen LogP contribution is -2.18. The van der Waals surface area contributed by atoms with Crippen molar-refractivity contribution >= 4 is 21.4 Å². The van der Waals surface area contributed by atoms with Crippen LogP contribution in [0.2, 0.25) is 0 Å². The van der Waals surface area contributed by atoms with Crippen LogP contribution in [0.5, 0.6) is 0 Å². The number of sulfone groups is 1. The number of rotatable bonds is 2. The van der Waals surface area contributed by atoms with Crippen LogP contribution in [0.1, 0.15) is 10.4 Å². The van der Waals surface area contributed by atoms with Gasteiger partial charge < -0.3 is 11.1 Å². The first-order valence-corrected chi connectivity index (χ1v) is 6.07. The maximum atomic E-state index is 11.3. The molecule has 0 heterocycles. The summed E-state index contributed by atoms with van der Waals surface area (Å²) in [5, 5.41) is 2.40. The van der Waals surface area contributed by atoms with E-state index in [0.717, 1.165) is 6.26 Å². The first kappa shape index (κ1) is 11.5. The van der Waals surface area contributed by atoms with E-state index in [1.807, 2.05) is 0 Å². The number of anilines is 1. The largest absolute Gasteiger partial charge is 0.398 e. The van der Waals surface area contributed by atoms with Crippen LogP contribution in [0.25, 0.3) is 0 Å². The first-order chi connectivity index (χ1) is 6.86. The Kier molecular flexibility index (Phi) is 2.99. The lowest BCUT2D eigenvalue weighted by Gasteiger charge is -2.05. The minimum Gasteiger partial charge on any atom is -0.398 e. The average Bonchev–Trinajstić information content (AvgIpc) is 2.15. The van der Waals surface area contributed by atoms with Crippen molar-refractivity contribution in [2.24, 2.45) is 0 Å². The van der Waals surface area contributed by atoms with Gasteiger partial charge in [-0.15, -0.1) is 0 Å². The molecule has 0 radical (unpaired) electrons. The summed E-state index contributed by atoms with van der Waals surface area (Å²) >= 11 is 0. The quantitative estimate of drug-likeness (QED) is 0.699. The number of amides is 1. The Bertz CT molecular complexity index is 494. The predicted molar refractivity (Wildman–Crippen MR) is 57.4 cm³/mol. The lowest BCUT2D eigenvalue weighted by atomic mass is 10.2. The van der Waals surface area contributed by atoms with E-state index in [-0.39, 0.29) is 22.1 Å². The lowest BCUT2D eigenvalue weighted by molar-refractivity contribution is 0.0963. The molecule has 0 atom stereocenters. The molecule has 0 fully saturated rings. The summed E-state index contributed by atoms with van der Waals surface area (Å²) in [6, 6.07) is 4.15. The number of hydrogen-bond donors (Lipinski definition) is 2. The van der Waals surface area contributed by atoms with Crippen LogP contribution in [0.15, 0.2) is 23.1 Å². The number of nitrogens with two attached hydrogens (primary N) is 1. The number of nitrogen functional groups attached to an aromatic ring is 1. The predicted octanol–water partition coefficient (Wildman–Crippen LogP) is 0.0319. The molecule has 0 bridgehead atoms. The van der Waals surface area contributed by atoms with Crippen LogP contribution in [0.3, 0.4) is 0 Å². The molecule has 5 nitrogen and oxygen atoms in total. The molecule has 6 heteroatoms. The summed E-state index contributed by atoms with van der Waals surface area (Å²) in [5.41, 5.74) is 5.92. The molecule has 82 valence electrons. The van der Waals surface area contributed by atoms with Crippen molar-refractivity contribution in [3.8, 4) is 0 Å². The third kappa shape index (κ3) is 2.47. The standard InChI is InChI=1S/C9H12N2O3S/c1-11-9(12)6-3-4-7(10)8(5-6)15(2,13)14/h3-5H,10H2,1-2H3,(H,11,12). The maximum Gasteiger partial charge on any atom is 0.251 e. The highest BCUT2D eigenvalue weighted by atomic mass is 32.2. The van der Waals surface area contributed by atoms with Crippen molar-refractivity contribution in [3.05, 3.63) is 23.8 Å². The normalized spacial score (nSPS) is 11.1. The summed E-state index contributed by atoms with van der Waals surface area (Å²) in [7, 11) is -1.93. The molecule has 0 aromatic heterocycles. The topological polar surface area (TPSA) is 89.3 Å². The molecule has 0 aliphatic rings. The van der Waals surface area contributed by atoms with Crippen molar-refractivity contribution < 1.29 is 13.2 Å². The summed E-state index contributed by atoms with van der Waals surface area (Å²) in [5.74, 6) is -0.347. The maximum absolute atomic E-state index is 11.3. The number of hydrogen-bond acceptors (Lipinski definition) is 4. The Balaban J connectivity index is 3.36. The SMILES string of the molecule is CNC(=O)c1ccc(N)c(S(C)(=O)=O)c1. The smallest absolute Gasteiger partial charge is 0.251 e. The minimum absolute atomic E-state index is 0.0244. The van der Waals surface area contributed by atoms with E-state index in [0.29, 0.717) is 0 Å². The summed E-state index contributed by atoms with van der Waals surface area (Å²) in [4.78, 5) is 11.2. The third-order valence-corrected chi connectivity index (χ3v) is 3.05. The molecule has 1 amide bonds. The molecule has 1 aromatic rings. The van der Waals surface area contributed by atoms with Gasteiger partial charge in [0.25, 0.3) is 5.91 Å². The zero-order valence-electron chi connectivity index (χ0n) is 8.44. The summed E-state index contributed by atoms with van der Waals surface area (Å²) < 4.78 is 22.6. The number of nitrogens with one attached hydrogen (secondary N) is 1. The third-order valence-electron chi connectivity index (χ3n) is 1.90. The van der Waals surface area contributed by atoms with Crippen molar-refractivity contribution in [1.29, 1.82) is 0 Å². The van der Waals surface area contributed by atoms with Gasteiger partial charge in [-0.3, -0.25) is 4.79 Å². The van der Waals surface area contributed by atoms with Gasteiger partial charge in [0.1, 0.15) is 0 Å². The van der Waals surface area contributed by atoms with Crippen molar-refractivity contribution in [1.82, 2.24) is 5.32 Å².